The van der Waals surface area contributed by atoms with Crippen molar-refractivity contribution in [2.24, 2.45) is 0 Å². The number of rotatable bonds is 5. The van der Waals surface area contributed by atoms with E-state index in [0.29, 0.717) is 6.54 Å². The normalized spacial score (nSPS) is 12.2. The van der Waals surface area contributed by atoms with Crippen LogP contribution in [0, 0.1) is 11.6 Å². The lowest BCUT2D eigenvalue weighted by Gasteiger charge is -2.17. The van der Waals surface area contributed by atoms with E-state index >= 15 is 0 Å². The number of carbonyl (C=O) groups is 1. The molecule has 1 aromatic rings. The zero-order valence-corrected chi connectivity index (χ0v) is 9.80. The molecule has 1 N–H and O–H groups in total. The molecule has 0 aliphatic heterocycles. The van der Waals surface area contributed by atoms with E-state index in [-0.39, 0.29) is 12.0 Å². The van der Waals surface area contributed by atoms with Crippen molar-refractivity contribution in [2.45, 2.75) is 19.4 Å². The van der Waals surface area contributed by atoms with Crippen LogP contribution < -0.4 is 5.32 Å². The van der Waals surface area contributed by atoms with E-state index in [9.17, 15) is 13.6 Å². The van der Waals surface area contributed by atoms with E-state index in [1.54, 1.807) is 0 Å². The minimum atomic E-state index is -0.667. The van der Waals surface area contributed by atoms with Gasteiger partial charge in [-0.15, -0.1) is 0 Å². The highest BCUT2D eigenvalue weighted by atomic mass is 19.1. The number of hydrogen-bond donors (Lipinski definition) is 1. The molecule has 0 aliphatic rings. The van der Waals surface area contributed by atoms with E-state index in [2.05, 4.69) is 10.1 Å². The first-order valence-electron chi connectivity index (χ1n) is 5.33. The summed E-state index contributed by atoms with van der Waals surface area (Å²) in [7, 11) is 1.27. The van der Waals surface area contributed by atoms with Crippen LogP contribution in [-0.4, -0.2) is 19.6 Å². The molecule has 0 spiro atoms. The van der Waals surface area contributed by atoms with Crippen LogP contribution in [0.25, 0.3) is 0 Å². The zero-order valence-electron chi connectivity index (χ0n) is 9.80. The van der Waals surface area contributed by atoms with Crippen molar-refractivity contribution in [1.82, 2.24) is 5.32 Å². The molecule has 1 atom stereocenters. The minimum Gasteiger partial charge on any atom is -0.469 e. The number of halogens is 2. The van der Waals surface area contributed by atoms with Crippen LogP contribution >= 0.6 is 0 Å². The second-order valence-electron chi connectivity index (χ2n) is 3.56. The van der Waals surface area contributed by atoms with Gasteiger partial charge in [-0.2, -0.15) is 0 Å². The number of esters is 1. The molecule has 5 heteroatoms. The summed E-state index contributed by atoms with van der Waals surface area (Å²) in [6.07, 6.45) is 0.00684. The molecule has 0 radical (unpaired) electrons. The topological polar surface area (TPSA) is 38.3 Å². The number of ether oxygens (including phenoxy) is 1. The van der Waals surface area contributed by atoms with Crippen LogP contribution in [0.15, 0.2) is 18.2 Å². The fraction of sp³-hybridized carbons (Fsp3) is 0.417. The van der Waals surface area contributed by atoms with Gasteiger partial charge in [-0.1, -0.05) is 13.0 Å². The summed E-state index contributed by atoms with van der Waals surface area (Å²) in [6, 6.07) is 2.80. The second kappa shape index (κ2) is 6.30. The Bertz CT molecular complexity index is 396. The van der Waals surface area contributed by atoms with E-state index < -0.39 is 23.6 Å². The molecule has 0 heterocycles. The Labute approximate surface area is 98.8 Å². The van der Waals surface area contributed by atoms with Crippen LogP contribution in [0.1, 0.15) is 24.9 Å². The molecular formula is C12H15F2NO2. The van der Waals surface area contributed by atoms with E-state index in [4.69, 9.17) is 0 Å². The van der Waals surface area contributed by atoms with Crippen LogP contribution in [0.3, 0.4) is 0 Å². The van der Waals surface area contributed by atoms with E-state index in [1.807, 2.05) is 6.92 Å². The van der Waals surface area contributed by atoms with Crippen LogP contribution in [0.4, 0.5) is 8.78 Å². The lowest BCUT2D eigenvalue weighted by Crippen LogP contribution is -2.25. The molecule has 0 saturated carbocycles. The first kappa shape index (κ1) is 13.6. The van der Waals surface area contributed by atoms with Gasteiger partial charge in [-0.05, 0) is 12.6 Å². The molecule has 0 aromatic heterocycles. The summed E-state index contributed by atoms with van der Waals surface area (Å²) in [5.41, 5.74) is 0.263. The quantitative estimate of drug-likeness (QED) is 0.805. The Morgan fingerprint density at radius 3 is 2.71 bits per heavy atom. The van der Waals surface area contributed by atoms with Crippen LogP contribution in [0.5, 0.6) is 0 Å². The molecule has 1 aromatic carbocycles. The van der Waals surface area contributed by atoms with Gasteiger partial charge in [-0.25, -0.2) is 8.78 Å². The molecule has 1 unspecified atom stereocenters. The van der Waals surface area contributed by atoms with E-state index in [0.717, 1.165) is 6.07 Å². The number of hydrogen-bond acceptors (Lipinski definition) is 3. The predicted octanol–water partition coefficient (Wildman–Crippen LogP) is 2.18. The fourth-order valence-corrected chi connectivity index (χ4v) is 1.57. The standard InChI is InChI=1S/C12H15F2NO2/c1-3-15-11(7-12(16)17-2)9-5-4-8(13)6-10(9)14/h4-6,11,15H,3,7H2,1-2H3. The van der Waals surface area contributed by atoms with E-state index in [1.165, 1.54) is 19.2 Å². The Morgan fingerprint density at radius 2 is 2.18 bits per heavy atom. The average Bonchev–Trinajstić information content (AvgIpc) is 2.28. The van der Waals surface area contributed by atoms with Crippen molar-refractivity contribution in [2.75, 3.05) is 13.7 Å². The maximum atomic E-state index is 13.5. The number of carbonyl (C=O) groups excluding carboxylic acids is 1. The number of nitrogens with one attached hydrogen (secondary N) is 1. The maximum absolute atomic E-state index is 13.5. The highest BCUT2D eigenvalue weighted by Gasteiger charge is 2.19. The molecule has 3 nitrogen and oxygen atoms in total. The summed E-state index contributed by atoms with van der Waals surface area (Å²) in [5.74, 6) is -1.75. The number of methoxy groups -OCH3 is 1. The summed E-state index contributed by atoms with van der Waals surface area (Å²) < 4.78 is 30.9. The van der Waals surface area contributed by atoms with Gasteiger partial charge in [0.05, 0.1) is 13.5 Å². The lowest BCUT2D eigenvalue weighted by atomic mass is 10.0. The smallest absolute Gasteiger partial charge is 0.307 e. The van der Waals surface area contributed by atoms with Gasteiger partial charge in [0.1, 0.15) is 11.6 Å². The largest absolute Gasteiger partial charge is 0.469 e. The van der Waals surface area contributed by atoms with Crippen LogP contribution in [-0.2, 0) is 9.53 Å². The van der Waals surface area contributed by atoms with Crippen LogP contribution in [0.2, 0.25) is 0 Å². The minimum absolute atomic E-state index is 0.00684. The summed E-state index contributed by atoms with van der Waals surface area (Å²) in [6.45, 7) is 2.41. The first-order valence-corrected chi connectivity index (χ1v) is 5.33. The predicted molar refractivity (Wildman–Crippen MR) is 59.4 cm³/mol. The Balaban J connectivity index is 2.92. The fourth-order valence-electron chi connectivity index (χ4n) is 1.57. The second-order valence-corrected chi connectivity index (χ2v) is 3.56. The molecule has 0 aliphatic carbocycles. The zero-order chi connectivity index (χ0) is 12.8. The van der Waals surface area contributed by atoms with Crippen molar-refractivity contribution in [1.29, 1.82) is 0 Å². The summed E-state index contributed by atoms with van der Waals surface area (Å²) in [4.78, 5) is 11.2. The van der Waals surface area contributed by atoms with Gasteiger partial charge in [0.15, 0.2) is 0 Å². The van der Waals surface area contributed by atoms with Crippen molar-refractivity contribution in [3.8, 4) is 0 Å². The Kier molecular flexibility index (Phi) is 5.03. The van der Waals surface area contributed by atoms with Crippen molar-refractivity contribution in [3.63, 3.8) is 0 Å². The molecule has 1 rings (SSSR count). The third kappa shape index (κ3) is 3.78. The van der Waals surface area contributed by atoms with Gasteiger partial charge in [0, 0.05) is 17.7 Å². The summed E-state index contributed by atoms with van der Waals surface area (Å²) in [5, 5.41) is 2.96. The van der Waals surface area contributed by atoms with Gasteiger partial charge >= 0.3 is 5.97 Å². The molecule has 0 fully saturated rings. The van der Waals surface area contributed by atoms with Crippen molar-refractivity contribution < 1.29 is 18.3 Å². The van der Waals surface area contributed by atoms with Gasteiger partial charge in [0.2, 0.25) is 0 Å². The molecule has 0 bridgehead atoms. The molecule has 17 heavy (non-hydrogen) atoms. The van der Waals surface area contributed by atoms with Crippen molar-refractivity contribution >= 4 is 5.97 Å². The average molecular weight is 243 g/mol. The number of benzene rings is 1. The molecule has 0 amide bonds. The monoisotopic (exact) mass is 243 g/mol. The SMILES string of the molecule is CCNC(CC(=O)OC)c1ccc(F)cc1F. The third-order valence-corrected chi connectivity index (χ3v) is 2.39. The molecular weight excluding hydrogens is 228 g/mol. The maximum Gasteiger partial charge on any atom is 0.307 e. The van der Waals surface area contributed by atoms with Gasteiger partial charge < -0.3 is 10.1 Å². The highest BCUT2D eigenvalue weighted by molar-refractivity contribution is 5.70. The lowest BCUT2D eigenvalue weighted by molar-refractivity contribution is -0.141. The Hall–Kier alpha value is -1.49. The van der Waals surface area contributed by atoms with Gasteiger partial charge in [0.25, 0.3) is 0 Å². The third-order valence-electron chi connectivity index (χ3n) is 2.39. The van der Waals surface area contributed by atoms with Gasteiger partial charge in [-0.3, -0.25) is 4.79 Å². The Morgan fingerprint density at radius 1 is 1.47 bits per heavy atom. The summed E-state index contributed by atoms with van der Waals surface area (Å²) >= 11 is 0. The van der Waals surface area contributed by atoms with Crippen molar-refractivity contribution in [3.05, 3.63) is 35.4 Å². The first-order chi connectivity index (χ1) is 8.08. The highest BCUT2D eigenvalue weighted by Crippen LogP contribution is 2.21. The molecule has 94 valence electrons. The molecule has 0 saturated heterocycles.